The standard InChI is InChI=1S/C9H9F3N2O/c1-13-9(15)14-4-5-2-6(10)8(12)7(11)3-5/h2-3H,4H2,1H3,(H2,13,14,15). The molecule has 0 aliphatic rings. The van der Waals surface area contributed by atoms with Crippen LogP contribution in [0, 0.1) is 17.5 Å². The van der Waals surface area contributed by atoms with Gasteiger partial charge in [0.15, 0.2) is 17.5 Å². The van der Waals surface area contributed by atoms with Gasteiger partial charge >= 0.3 is 6.03 Å². The zero-order chi connectivity index (χ0) is 11.4. The maximum atomic E-state index is 12.7. The van der Waals surface area contributed by atoms with Crippen LogP contribution in [-0.4, -0.2) is 13.1 Å². The van der Waals surface area contributed by atoms with Crippen LogP contribution in [0.2, 0.25) is 0 Å². The summed E-state index contributed by atoms with van der Waals surface area (Å²) >= 11 is 0. The summed E-state index contributed by atoms with van der Waals surface area (Å²) in [6, 6.07) is 1.17. The van der Waals surface area contributed by atoms with E-state index in [1.165, 1.54) is 7.05 Å². The van der Waals surface area contributed by atoms with Gasteiger partial charge in [-0.05, 0) is 17.7 Å². The summed E-state index contributed by atoms with van der Waals surface area (Å²) in [5.74, 6) is -4.06. The molecule has 2 N–H and O–H groups in total. The van der Waals surface area contributed by atoms with Gasteiger partial charge in [0.2, 0.25) is 0 Å². The van der Waals surface area contributed by atoms with Gasteiger partial charge in [0.1, 0.15) is 0 Å². The average Bonchev–Trinajstić information content (AvgIpc) is 2.22. The lowest BCUT2D eigenvalue weighted by Crippen LogP contribution is -2.32. The molecular formula is C9H9F3N2O. The predicted octanol–water partition coefficient (Wildman–Crippen LogP) is 1.53. The third-order valence-electron chi connectivity index (χ3n) is 1.72. The molecule has 0 spiro atoms. The number of rotatable bonds is 2. The molecule has 3 nitrogen and oxygen atoms in total. The van der Waals surface area contributed by atoms with E-state index >= 15 is 0 Å². The lowest BCUT2D eigenvalue weighted by Gasteiger charge is -2.05. The van der Waals surface area contributed by atoms with Gasteiger partial charge in [0.05, 0.1) is 0 Å². The van der Waals surface area contributed by atoms with Crippen molar-refractivity contribution in [2.24, 2.45) is 0 Å². The van der Waals surface area contributed by atoms with Crippen LogP contribution in [0.4, 0.5) is 18.0 Å². The summed E-state index contributed by atoms with van der Waals surface area (Å²) in [5.41, 5.74) is 0.148. The van der Waals surface area contributed by atoms with Crippen LogP contribution in [0.3, 0.4) is 0 Å². The van der Waals surface area contributed by atoms with E-state index < -0.39 is 23.5 Å². The van der Waals surface area contributed by atoms with Gasteiger partial charge in [0.25, 0.3) is 0 Å². The predicted molar refractivity (Wildman–Crippen MR) is 47.6 cm³/mol. The fourth-order valence-electron chi connectivity index (χ4n) is 0.981. The second-order valence-corrected chi connectivity index (χ2v) is 2.81. The van der Waals surface area contributed by atoms with Gasteiger partial charge < -0.3 is 10.6 Å². The number of hydrogen-bond donors (Lipinski definition) is 2. The maximum Gasteiger partial charge on any atom is 0.314 e. The first kappa shape index (κ1) is 11.4. The lowest BCUT2D eigenvalue weighted by molar-refractivity contribution is 0.242. The van der Waals surface area contributed by atoms with Gasteiger partial charge in [-0.3, -0.25) is 0 Å². The van der Waals surface area contributed by atoms with Crippen LogP contribution < -0.4 is 10.6 Å². The summed E-state index contributed by atoms with van der Waals surface area (Å²) in [4.78, 5) is 10.7. The number of benzene rings is 1. The first-order chi connectivity index (χ1) is 7.04. The molecule has 1 aromatic carbocycles. The van der Waals surface area contributed by atoms with E-state index in [-0.39, 0.29) is 12.1 Å². The SMILES string of the molecule is CNC(=O)NCc1cc(F)c(F)c(F)c1. The fourth-order valence-corrected chi connectivity index (χ4v) is 0.981. The number of urea groups is 1. The molecule has 0 heterocycles. The van der Waals surface area contributed by atoms with Crippen molar-refractivity contribution in [3.63, 3.8) is 0 Å². The van der Waals surface area contributed by atoms with Crippen LogP contribution in [0.25, 0.3) is 0 Å². The Kier molecular flexibility index (Phi) is 3.54. The minimum Gasteiger partial charge on any atom is -0.341 e. The van der Waals surface area contributed by atoms with E-state index in [0.29, 0.717) is 0 Å². The van der Waals surface area contributed by atoms with Gasteiger partial charge in [0, 0.05) is 13.6 Å². The molecule has 1 aromatic rings. The first-order valence-electron chi connectivity index (χ1n) is 4.13. The first-order valence-corrected chi connectivity index (χ1v) is 4.13. The summed E-state index contributed by atoms with van der Waals surface area (Å²) in [7, 11) is 1.40. The van der Waals surface area contributed by atoms with E-state index in [0.717, 1.165) is 12.1 Å². The molecule has 0 saturated heterocycles. The van der Waals surface area contributed by atoms with Crippen molar-refractivity contribution in [3.05, 3.63) is 35.1 Å². The van der Waals surface area contributed by atoms with Crippen LogP contribution in [-0.2, 0) is 6.54 Å². The Morgan fingerprint density at radius 3 is 2.27 bits per heavy atom. The van der Waals surface area contributed by atoms with E-state index in [9.17, 15) is 18.0 Å². The third-order valence-corrected chi connectivity index (χ3v) is 1.72. The Balaban J connectivity index is 2.75. The Morgan fingerprint density at radius 1 is 1.27 bits per heavy atom. The Bertz CT molecular complexity index is 359. The molecule has 0 radical (unpaired) electrons. The molecular weight excluding hydrogens is 209 g/mol. The third kappa shape index (κ3) is 2.87. The van der Waals surface area contributed by atoms with Crippen molar-refractivity contribution in [2.75, 3.05) is 7.05 Å². The normalized spacial score (nSPS) is 9.87. The number of halogens is 3. The summed E-state index contributed by atoms with van der Waals surface area (Å²) < 4.78 is 37.9. The Morgan fingerprint density at radius 2 is 1.80 bits per heavy atom. The van der Waals surface area contributed by atoms with Gasteiger partial charge in [-0.25, -0.2) is 18.0 Å². The van der Waals surface area contributed by atoms with E-state index in [1.807, 2.05) is 0 Å². The molecule has 1 rings (SSSR count). The fraction of sp³-hybridized carbons (Fsp3) is 0.222. The molecule has 0 aliphatic carbocycles. The van der Waals surface area contributed by atoms with Crippen LogP contribution in [0.15, 0.2) is 12.1 Å². The number of amides is 2. The highest BCUT2D eigenvalue weighted by Gasteiger charge is 2.10. The topological polar surface area (TPSA) is 41.1 Å². The van der Waals surface area contributed by atoms with Crippen molar-refractivity contribution < 1.29 is 18.0 Å². The quantitative estimate of drug-likeness (QED) is 0.726. The van der Waals surface area contributed by atoms with Gasteiger partial charge in [-0.1, -0.05) is 0 Å². The number of carbonyl (C=O) groups is 1. The molecule has 0 bridgehead atoms. The average molecular weight is 218 g/mol. The Labute approximate surface area is 84.3 Å². The van der Waals surface area contributed by atoms with E-state index in [2.05, 4.69) is 10.6 Å². The molecule has 0 fully saturated rings. The Hall–Kier alpha value is -1.72. The van der Waals surface area contributed by atoms with E-state index in [4.69, 9.17) is 0 Å². The molecule has 0 saturated carbocycles. The lowest BCUT2D eigenvalue weighted by atomic mass is 10.2. The van der Waals surface area contributed by atoms with Crippen molar-refractivity contribution in [1.82, 2.24) is 10.6 Å². The minimum atomic E-state index is -1.52. The molecule has 82 valence electrons. The highest BCUT2D eigenvalue weighted by Crippen LogP contribution is 2.13. The highest BCUT2D eigenvalue weighted by molar-refractivity contribution is 5.73. The van der Waals surface area contributed by atoms with Crippen molar-refractivity contribution >= 4 is 6.03 Å². The zero-order valence-corrected chi connectivity index (χ0v) is 7.90. The molecule has 0 unspecified atom stereocenters. The zero-order valence-electron chi connectivity index (χ0n) is 7.90. The molecule has 0 aliphatic heterocycles. The second-order valence-electron chi connectivity index (χ2n) is 2.81. The molecule has 6 heteroatoms. The largest absolute Gasteiger partial charge is 0.341 e. The smallest absolute Gasteiger partial charge is 0.314 e. The van der Waals surface area contributed by atoms with Crippen LogP contribution in [0.5, 0.6) is 0 Å². The van der Waals surface area contributed by atoms with Gasteiger partial charge in [-0.2, -0.15) is 0 Å². The molecule has 0 atom stereocenters. The molecule has 15 heavy (non-hydrogen) atoms. The molecule has 2 amide bonds. The number of carbonyl (C=O) groups excluding carboxylic acids is 1. The van der Waals surface area contributed by atoms with Crippen molar-refractivity contribution in [3.8, 4) is 0 Å². The van der Waals surface area contributed by atoms with Crippen molar-refractivity contribution in [1.29, 1.82) is 0 Å². The molecule has 0 aromatic heterocycles. The summed E-state index contributed by atoms with van der Waals surface area (Å²) in [6.07, 6.45) is 0. The number of hydrogen-bond acceptors (Lipinski definition) is 1. The highest BCUT2D eigenvalue weighted by atomic mass is 19.2. The second kappa shape index (κ2) is 4.68. The van der Waals surface area contributed by atoms with E-state index in [1.54, 1.807) is 0 Å². The summed E-state index contributed by atoms with van der Waals surface area (Å²) in [6.45, 7) is -0.0756. The minimum absolute atomic E-state index is 0.0756. The van der Waals surface area contributed by atoms with Crippen LogP contribution >= 0.6 is 0 Å². The van der Waals surface area contributed by atoms with Gasteiger partial charge in [-0.15, -0.1) is 0 Å². The monoisotopic (exact) mass is 218 g/mol. The van der Waals surface area contributed by atoms with Crippen molar-refractivity contribution in [2.45, 2.75) is 6.54 Å². The number of nitrogens with one attached hydrogen (secondary N) is 2. The summed E-state index contributed by atoms with van der Waals surface area (Å²) in [5, 5.41) is 4.58. The maximum absolute atomic E-state index is 12.7. The van der Waals surface area contributed by atoms with Crippen LogP contribution in [0.1, 0.15) is 5.56 Å².